The maximum Gasteiger partial charge on any atom is 0.492 e. The van der Waals surface area contributed by atoms with Crippen molar-refractivity contribution < 1.29 is 18.8 Å². The minimum absolute atomic E-state index is 0.00310. The SMILES string of the molecule is OB(O)c1cccnc1NC(c1cccnc1)C(F)F. The van der Waals surface area contributed by atoms with Crippen molar-refractivity contribution in [3.05, 3.63) is 48.4 Å². The number of rotatable bonds is 5. The number of pyridine rings is 2. The van der Waals surface area contributed by atoms with E-state index < -0.39 is 19.6 Å². The van der Waals surface area contributed by atoms with E-state index in [4.69, 9.17) is 0 Å². The summed E-state index contributed by atoms with van der Waals surface area (Å²) in [7, 11) is -1.79. The first kappa shape index (κ1) is 14.4. The van der Waals surface area contributed by atoms with Crippen LogP contribution in [-0.2, 0) is 0 Å². The minimum Gasteiger partial charge on any atom is -0.423 e. The summed E-state index contributed by atoms with van der Waals surface area (Å²) in [4.78, 5) is 7.66. The Balaban J connectivity index is 2.30. The van der Waals surface area contributed by atoms with E-state index >= 15 is 0 Å². The molecule has 0 aliphatic heterocycles. The summed E-state index contributed by atoms with van der Waals surface area (Å²) in [6.07, 6.45) is 1.47. The van der Waals surface area contributed by atoms with E-state index in [1.807, 2.05) is 0 Å². The molecule has 0 bridgehead atoms. The van der Waals surface area contributed by atoms with Crippen LogP contribution in [0.4, 0.5) is 14.6 Å². The number of anilines is 1. The van der Waals surface area contributed by atoms with Crippen LogP contribution in [0, 0.1) is 0 Å². The van der Waals surface area contributed by atoms with E-state index in [1.165, 1.54) is 36.8 Å². The van der Waals surface area contributed by atoms with Gasteiger partial charge in [-0.1, -0.05) is 12.1 Å². The molecule has 0 aliphatic carbocycles. The summed E-state index contributed by atoms with van der Waals surface area (Å²) < 4.78 is 26.3. The molecule has 8 heteroatoms. The van der Waals surface area contributed by atoms with Gasteiger partial charge in [0.2, 0.25) is 0 Å². The number of hydrogen-bond acceptors (Lipinski definition) is 5. The van der Waals surface area contributed by atoms with Crippen molar-refractivity contribution in [2.24, 2.45) is 0 Å². The Morgan fingerprint density at radius 1 is 1.15 bits per heavy atom. The number of alkyl halides is 2. The van der Waals surface area contributed by atoms with Crippen LogP contribution < -0.4 is 10.8 Å². The van der Waals surface area contributed by atoms with Gasteiger partial charge in [0.1, 0.15) is 11.9 Å². The second kappa shape index (κ2) is 6.40. The summed E-state index contributed by atoms with van der Waals surface area (Å²) in [5, 5.41) is 20.9. The van der Waals surface area contributed by atoms with Crippen molar-refractivity contribution in [2.45, 2.75) is 12.5 Å². The summed E-state index contributed by atoms with van der Waals surface area (Å²) in [5.74, 6) is -0.00310. The molecule has 3 N–H and O–H groups in total. The number of nitrogens with zero attached hydrogens (tertiary/aromatic N) is 2. The number of aromatic nitrogens is 2. The highest BCUT2D eigenvalue weighted by molar-refractivity contribution is 6.60. The van der Waals surface area contributed by atoms with Crippen LogP contribution in [0.3, 0.4) is 0 Å². The first-order chi connectivity index (χ1) is 9.59. The van der Waals surface area contributed by atoms with Gasteiger partial charge in [-0.3, -0.25) is 4.98 Å². The highest BCUT2D eigenvalue weighted by Crippen LogP contribution is 2.23. The van der Waals surface area contributed by atoms with Gasteiger partial charge in [-0.2, -0.15) is 0 Å². The molecule has 2 aromatic rings. The van der Waals surface area contributed by atoms with E-state index in [2.05, 4.69) is 15.3 Å². The highest BCUT2D eigenvalue weighted by atomic mass is 19.3. The standard InChI is InChI=1S/C12H12BF2N3O2/c14-11(15)10(8-3-1-5-16-7-8)18-12-9(13(19)20)4-2-6-17-12/h1-7,10-11,19-20H,(H,17,18). The monoisotopic (exact) mass is 279 g/mol. The van der Waals surface area contributed by atoms with Gasteiger partial charge in [0.15, 0.2) is 0 Å². The van der Waals surface area contributed by atoms with Crippen molar-refractivity contribution >= 4 is 18.4 Å². The lowest BCUT2D eigenvalue weighted by Gasteiger charge is -2.20. The Morgan fingerprint density at radius 3 is 2.50 bits per heavy atom. The fourth-order valence-electron chi connectivity index (χ4n) is 1.75. The maximum atomic E-state index is 13.2. The van der Waals surface area contributed by atoms with E-state index in [1.54, 1.807) is 6.07 Å². The maximum absolute atomic E-state index is 13.2. The Bertz CT molecular complexity index is 557. The van der Waals surface area contributed by atoms with Crippen LogP contribution in [0.2, 0.25) is 0 Å². The Labute approximate surface area is 114 Å². The zero-order valence-corrected chi connectivity index (χ0v) is 10.3. The van der Waals surface area contributed by atoms with Crippen molar-refractivity contribution in [2.75, 3.05) is 5.32 Å². The van der Waals surface area contributed by atoms with Gasteiger partial charge in [0.25, 0.3) is 6.43 Å². The third kappa shape index (κ3) is 3.28. The summed E-state index contributed by atoms with van der Waals surface area (Å²) in [6, 6.07) is 4.60. The molecule has 0 spiro atoms. The molecular weight excluding hydrogens is 267 g/mol. The first-order valence-corrected chi connectivity index (χ1v) is 5.85. The fourth-order valence-corrected chi connectivity index (χ4v) is 1.75. The van der Waals surface area contributed by atoms with E-state index in [0.29, 0.717) is 0 Å². The molecule has 0 radical (unpaired) electrons. The molecule has 0 aliphatic rings. The van der Waals surface area contributed by atoms with Crippen LogP contribution >= 0.6 is 0 Å². The zero-order chi connectivity index (χ0) is 14.5. The highest BCUT2D eigenvalue weighted by Gasteiger charge is 2.25. The van der Waals surface area contributed by atoms with Crippen LogP contribution in [0.25, 0.3) is 0 Å². The quantitative estimate of drug-likeness (QED) is 0.698. The number of nitrogens with one attached hydrogen (secondary N) is 1. The van der Waals surface area contributed by atoms with Crippen LogP contribution in [0.5, 0.6) is 0 Å². The molecule has 2 rings (SSSR count). The lowest BCUT2D eigenvalue weighted by Crippen LogP contribution is -2.34. The molecule has 104 valence electrons. The average molecular weight is 279 g/mol. The van der Waals surface area contributed by atoms with Gasteiger partial charge in [-0.15, -0.1) is 0 Å². The van der Waals surface area contributed by atoms with Gasteiger partial charge in [-0.25, -0.2) is 13.8 Å². The van der Waals surface area contributed by atoms with Gasteiger partial charge in [0, 0.05) is 24.1 Å². The topological polar surface area (TPSA) is 78.3 Å². The lowest BCUT2D eigenvalue weighted by atomic mass is 9.80. The van der Waals surface area contributed by atoms with E-state index in [9.17, 15) is 18.8 Å². The molecule has 0 aromatic carbocycles. The Kier molecular flexibility index (Phi) is 4.59. The molecule has 20 heavy (non-hydrogen) atoms. The molecule has 0 saturated heterocycles. The van der Waals surface area contributed by atoms with E-state index in [0.717, 1.165) is 0 Å². The zero-order valence-electron chi connectivity index (χ0n) is 10.3. The fraction of sp³-hybridized carbons (Fsp3) is 0.167. The average Bonchev–Trinajstić information content (AvgIpc) is 2.45. The molecule has 2 aromatic heterocycles. The second-order valence-electron chi connectivity index (χ2n) is 4.06. The molecular formula is C12H12BF2N3O2. The van der Waals surface area contributed by atoms with Crippen LogP contribution in [0.1, 0.15) is 11.6 Å². The lowest BCUT2D eigenvalue weighted by molar-refractivity contribution is 0.124. The minimum atomic E-state index is -2.70. The van der Waals surface area contributed by atoms with Crippen molar-refractivity contribution in [3.63, 3.8) is 0 Å². The van der Waals surface area contributed by atoms with Crippen molar-refractivity contribution in [1.82, 2.24) is 9.97 Å². The van der Waals surface area contributed by atoms with E-state index in [-0.39, 0.29) is 16.8 Å². The number of halogens is 2. The Morgan fingerprint density at radius 2 is 1.90 bits per heavy atom. The van der Waals surface area contributed by atoms with Crippen LogP contribution in [-0.4, -0.2) is 33.6 Å². The van der Waals surface area contributed by atoms with Gasteiger partial charge in [-0.05, 0) is 17.7 Å². The summed E-state index contributed by atoms with van der Waals surface area (Å²) >= 11 is 0. The molecule has 0 saturated carbocycles. The van der Waals surface area contributed by atoms with Gasteiger partial charge >= 0.3 is 7.12 Å². The third-order valence-corrected chi connectivity index (χ3v) is 2.70. The summed E-state index contributed by atoms with van der Waals surface area (Å²) in [6.45, 7) is 0. The largest absolute Gasteiger partial charge is 0.492 e. The molecule has 0 amide bonds. The van der Waals surface area contributed by atoms with Crippen molar-refractivity contribution in [3.8, 4) is 0 Å². The van der Waals surface area contributed by atoms with Gasteiger partial charge < -0.3 is 15.4 Å². The molecule has 0 fully saturated rings. The van der Waals surface area contributed by atoms with Crippen molar-refractivity contribution in [1.29, 1.82) is 0 Å². The molecule has 5 nitrogen and oxygen atoms in total. The molecule has 1 atom stereocenters. The Hall–Kier alpha value is -2.06. The predicted octanol–water partition coefficient (Wildman–Crippen LogP) is 0.575. The predicted molar refractivity (Wildman–Crippen MR) is 70.7 cm³/mol. The summed E-state index contributed by atoms with van der Waals surface area (Å²) in [5.41, 5.74) is 0.313. The normalized spacial score (nSPS) is 12.2. The number of hydrogen-bond donors (Lipinski definition) is 3. The molecule has 2 heterocycles. The van der Waals surface area contributed by atoms with Gasteiger partial charge in [0.05, 0.1) is 0 Å². The van der Waals surface area contributed by atoms with Crippen LogP contribution in [0.15, 0.2) is 42.9 Å². The first-order valence-electron chi connectivity index (χ1n) is 5.85. The second-order valence-corrected chi connectivity index (χ2v) is 4.06. The smallest absolute Gasteiger partial charge is 0.423 e. The molecule has 1 unspecified atom stereocenters. The third-order valence-electron chi connectivity index (χ3n) is 2.70.